The molecule has 1 heterocycles. The highest BCUT2D eigenvalue weighted by Gasteiger charge is 2.06. The number of ether oxygens (including phenoxy) is 1. The SMILES string of the molecule is COCc1ccoc1CC[C@H](C)O. The largest absolute Gasteiger partial charge is 0.469 e. The fourth-order valence-electron chi connectivity index (χ4n) is 1.21. The van der Waals surface area contributed by atoms with Crippen molar-refractivity contribution in [2.75, 3.05) is 7.11 Å². The van der Waals surface area contributed by atoms with Crippen LogP contribution in [-0.4, -0.2) is 18.3 Å². The molecular weight excluding hydrogens is 168 g/mol. The molecule has 3 nitrogen and oxygen atoms in total. The van der Waals surface area contributed by atoms with Crippen molar-refractivity contribution >= 4 is 0 Å². The van der Waals surface area contributed by atoms with Crippen LogP contribution in [-0.2, 0) is 17.8 Å². The highest BCUT2D eigenvalue weighted by atomic mass is 16.5. The molecule has 1 atom stereocenters. The van der Waals surface area contributed by atoms with Crippen LogP contribution in [0.15, 0.2) is 16.7 Å². The van der Waals surface area contributed by atoms with Gasteiger partial charge in [-0.3, -0.25) is 0 Å². The molecule has 0 amide bonds. The Balaban J connectivity index is 2.49. The van der Waals surface area contributed by atoms with Crippen molar-refractivity contribution in [2.45, 2.75) is 32.5 Å². The average Bonchev–Trinajstić information content (AvgIpc) is 2.49. The molecule has 74 valence electrons. The molecule has 0 aliphatic carbocycles. The fourth-order valence-corrected chi connectivity index (χ4v) is 1.21. The van der Waals surface area contributed by atoms with Crippen molar-refractivity contribution in [3.63, 3.8) is 0 Å². The predicted octanol–water partition coefficient (Wildman–Crippen LogP) is 1.74. The van der Waals surface area contributed by atoms with Crippen molar-refractivity contribution < 1.29 is 14.3 Å². The summed E-state index contributed by atoms with van der Waals surface area (Å²) >= 11 is 0. The fraction of sp³-hybridized carbons (Fsp3) is 0.600. The van der Waals surface area contributed by atoms with Gasteiger partial charge in [-0.15, -0.1) is 0 Å². The van der Waals surface area contributed by atoms with E-state index in [1.54, 1.807) is 20.3 Å². The minimum atomic E-state index is -0.277. The minimum absolute atomic E-state index is 0.277. The normalized spacial score (nSPS) is 13.2. The Labute approximate surface area is 78.3 Å². The van der Waals surface area contributed by atoms with Crippen molar-refractivity contribution in [1.82, 2.24) is 0 Å². The van der Waals surface area contributed by atoms with E-state index in [2.05, 4.69) is 0 Å². The number of aliphatic hydroxyl groups excluding tert-OH is 1. The highest BCUT2D eigenvalue weighted by Crippen LogP contribution is 2.14. The van der Waals surface area contributed by atoms with Gasteiger partial charge in [0.25, 0.3) is 0 Å². The van der Waals surface area contributed by atoms with Gasteiger partial charge in [-0.1, -0.05) is 0 Å². The Morgan fingerprint density at radius 3 is 3.00 bits per heavy atom. The Bertz CT molecular complexity index is 240. The lowest BCUT2D eigenvalue weighted by Gasteiger charge is -2.03. The molecule has 1 aromatic heterocycles. The van der Waals surface area contributed by atoms with Crippen LogP contribution in [0.4, 0.5) is 0 Å². The summed E-state index contributed by atoms with van der Waals surface area (Å²) in [6.07, 6.45) is 2.87. The minimum Gasteiger partial charge on any atom is -0.469 e. The molecule has 0 unspecified atom stereocenters. The zero-order valence-corrected chi connectivity index (χ0v) is 8.12. The van der Waals surface area contributed by atoms with Gasteiger partial charge < -0.3 is 14.3 Å². The Morgan fingerprint density at radius 1 is 1.62 bits per heavy atom. The second kappa shape index (κ2) is 5.04. The standard InChI is InChI=1S/C10H16O3/c1-8(11)3-4-10-9(7-12-2)5-6-13-10/h5-6,8,11H,3-4,7H2,1-2H3/t8-/m0/s1. The van der Waals surface area contributed by atoms with E-state index in [9.17, 15) is 0 Å². The molecule has 3 heteroatoms. The van der Waals surface area contributed by atoms with Gasteiger partial charge in [0.05, 0.1) is 19.0 Å². The van der Waals surface area contributed by atoms with E-state index >= 15 is 0 Å². The monoisotopic (exact) mass is 184 g/mol. The first-order valence-electron chi connectivity index (χ1n) is 4.46. The zero-order chi connectivity index (χ0) is 9.68. The van der Waals surface area contributed by atoms with E-state index in [0.29, 0.717) is 6.61 Å². The highest BCUT2D eigenvalue weighted by molar-refractivity contribution is 5.16. The van der Waals surface area contributed by atoms with Crippen molar-refractivity contribution in [2.24, 2.45) is 0 Å². The summed E-state index contributed by atoms with van der Waals surface area (Å²) < 4.78 is 10.3. The molecule has 0 radical (unpaired) electrons. The van der Waals surface area contributed by atoms with Gasteiger partial charge in [0.1, 0.15) is 5.76 Å². The second-order valence-electron chi connectivity index (χ2n) is 3.19. The van der Waals surface area contributed by atoms with Crippen LogP contribution in [0, 0.1) is 0 Å². The molecule has 0 fully saturated rings. The zero-order valence-electron chi connectivity index (χ0n) is 8.12. The molecule has 1 rings (SSSR count). The van der Waals surface area contributed by atoms with Crippen LogP contribution in [0.1, 0.15) is 24.7 Å². The number of aliphatic hydroxyl groups is 1. The van der Waals surface area contributed by atoms with Crippen molar-refractivity contribution in [3.05, 3.63) is 23.7 Å². The molecule has 0 aromatic carbocycles. The smallest absolute Gasteiger partial charge is 0.109 e. The molecule has 0 saturated carbocycles. The predicted molar refractivity (Wildman–Crippen MR) is 49.4 cm³/mol. The molecule has 0 bridgehead atoms. The number of aryl methyl sites for hydroxylation is 1. The molecule has 0 aliphatic heterocycles. The van der Waals surface area contributed by atoms with Gasteiger partial charge in [0.2, 0.25) is 0 Å². The van der Waals surface area contributed by atoms with E-state index in [1.165, 1.54) is 0 Å². The van der Waals surface area contributed by atoms with Gasteiger partial charge in [0, 0.05) is 19.1 Å². The lowest BCUT2D eigenvalue weighted by molar-refractivity contribution is 0.175. The van der Waals surface area contributed by atoms with Gasteiger partial charge in [-0.25, -0.2) is 0 Å². The third-order valence-electron chi connectivity index (χ3n) is 1.93. The van der Waals surface area contributed by atoms with Gasteiger partial charge in [0.15, 0.2) is 0 Å². The average molecular weight is 184 g/mol. The van der Waals surface area contributed by atoms with Crippen LogP contribution < -0.4 is 0 Å². The molecule has 13 heavy (non-hydrogen) atoms. The maximum absolute atomic E-state index is 9.10. The number of methoxy groups -OCH3 is 1. The molecule has 1 N–H and O–H groups in total. The number of hydrogen-bond acceptors (Lipinski definition) is 3. The topological polar surface area (TPSA) is 42.6 Å². The van der Waals surface area contributed by atoms with Gasteiger partial charge in [-0.05, 0) is 19.4 Å². The summed E-state index contributed by atoms with van der Waals surface area (Å²) in [6, 6.07) is 1.90. The van der Waals surface area contributed by atoms with Crippen LogP contribution in [0.2, 0.25) is 0 Å². The Hall–Kier alpha value is -0.800. The molecule has 0 spiro atoms. The number of rotatable bonds is 5. The molecule has 1 aromatic rings. The quantitative estimate of drug-likeness (QED) is 0.758. The third-order valence-corrected chi connectivity index (χ3v) is 1.93. The first-order valence-corrected chi connectivity index (χ1v) is 4.46. The van der Waals surface area contributed by atoms with E-state index in [0.717, 1.165) is 24.2 Å². The van der Waals surface area contributed by atoms with Gasteiger partial charge >= 0.3 is 0 Å². The van der Waals surface area contributed by atoms with Gasteiger partial charge in [-0.2, -0.15) is 0 Å². The molecular formula is C10H16O3. The lowest BCUT2D eigenvalue weighted by atomic mass is 10.1. The summed E-state index contributed by atoms with van der Waals surface area (Å²) in [5.41, 5.74) is 1.07. The Morgan fingerprint density at radius 2 is 2.38 bits per heavy atom. The lowest BCUT2D eigenvalue weighted by Crippen LogP contribution is -2.02. The molecule has 0 aliphatic rings. The van der Waals surface area contributed by atoms with Crippen molar-refractivity contribution in [3.8, 4) is 0 Å². The van der Waals surface area contributed by atoms with Crippen LogP contribution in [0.5, 0.6) is 0 Å². The third kappa shape index (κ3) is 3.20. The van der Waals surface area contributed by atoms with Crippen LogP contribution in [0.25, 0.3) is 0 Å². The van der Waals surface area contributed by atoms with E-state index in [-0.39, 0.29) is 6.10 Å². The first-order chi connectivity index (χ1) is 6.24. The van der Waals surface area contributed by atoms with E-state index in [1.807, 2.05) is 6.07 Å². The maximum atomic E-state index is 9.10. The first kappa shape index (κ1) is 10.3. The van der Waals surface area contributed by atoms with Crippen LogP contribution >= 0.6 is 0 Å². The van der Waals surface area contributed by atoms with Crippen molar-refractivity contribution in [1.29, 1.82) is 0 Å². The summed E-state index contributed by atoms with van der Waals surface area (Å²) in [5, 5.41) is 9.10. The number of furan rings is 1. The van der Waals surface area contributed by atoms with Crippen LogP contribution in [0.3, 0.4) is 0 Å². The Kier molecular flexibility index (Phi) is 3.99. The second-order valence-corrected chi connectivity index (χ2v) is 3.19. The summed E-state index contributed by atoms with van der Waals surface area (Å²) in [6.45, 7) is 2.35. The number of hydrogen-bond donors (Lipinski definition) is 1. The summed E-state index contributed by atoms with van der Waals surface area (Å²) in [7, 11) is 1.66. The van der Waals surface area contributed by atoms with E-state index < -0.39 is 0 Å². The van der Waals surface area contributed by atoms with E-state index in [4.69, 9.17) is 14.3 Å². The molecule has 0 saturated heterocycles. The summed E-state index contributed by atoms with van der Waals surface area (Å²) in [5.74, 6) is 0.919. The maximum Gasteiger partial charge on any atom is 0.109 e. The summed E-state index contributed by atoms with van der Waals surface area (Å²) in [4.78, 5) is 0.